The van der Waals surface area contributed by atoms with Crippen molar-refractivity contribution in [2.24, 2.45) is 0 Å². The van der Waals surface area contributed by atoms with E-state index in [-0.39, 0.29) is 5.41 Å². The molecule has 1 aromatic heterocycles. The lowest BCUT2D eigenvalue weighted by Gasteiger charge is -2.33. The van der Waals surface area contributed by atoms with E-state index in [9.17, 15) is 0 Å². The van der Waals surface area contributed by atoms with E-state index in [4.69, 9.17) is 9.47 Å². The smallest absolute Gasteiger partial charge is 0.194 e. The van der Waals surface area contributed by atoms with Crippen LogP contribution in [0.15, 0.2) is 212 Å². The third kappa shape index (κ3) is 4.84. The van der Waals surface area contributed by atoms with E-state index in [0.29, 0.717) is 17.2 Å². The highest BCUT2D eigenvalue weighted by Crippen LogP contribution is 2.67. The van der Waals surface area contributed by atoms with Gasteiger partial charge >= 0.3 is 0 Å². The Hall–Kier alpha value is -8.34. The minimum absolute atomic E-state index is 0.104. The van der Waals surface area contributed by atoms with E-state index in [0.717, 1.165) is 52.4 Å². The van der Waals surface area contributed by atoms with Crippen LogP contribution in [0, 0.1) is 0 Å². The van der Waals surface area contributed by atoms with Crippen molar-refractivity contribution in [3.63, 3.8) is 0 Å². The van der Waals surface area contributed by atoms with Crippen molar-refractivity contribution in [2.45, 2.75) is 37.5 Å². The summed E-state index contributed by atoms with van der Waals surface area (Å²) in [6, 6.07) is 70.9. The summed E-state index contributed by atoms with van der Waals surface area (Å²) >= 11 is 0. The van der Waals surface area contributed by atoms with Gasteiger partial charge < -0.3 is 18.9 Å². The second kappa shape index (κ2) is 13.6. The second-order valence-corrected chi connectivity index (χ2v) is 19.4. The average Bonchev–Trinajstić information content (AvgIpc) is 4.06. The van der Waals surface area contributed by atoms with Crippen LogP contribution in [-0.2, 0) is 10.8 Å². The molecule has 9 aromatic carbocycles. The van der Waals surface area contributed by atoms with E-state index in [1.165, 1.54) is 77.5 Å². The zero-order chi connectivity index (χ0) is 44.9. The van der Waals surface area contributed by atoms with Crippen LogP contribution in [0.1, 0.15) is 60.1 Å². The Morgan fingerprint density at radius 3 is 1.94 bits per heavy atom. The summed E-state index contributed by atoms with van der Waals surface area (Å²) in [5.74, 6) is 2.83. The average molecular weight is 873 g/mol. The molecule has 10 aromatic rings. The summed E-state index contributed by atoms with van der Waals surface area (Å²) < 4.78 is 17.0. The Bertz CT molecular complexity index is 3860. The number of hydrogen-bond donors (Lipinski definition) is 0. The molecule has 0 saturated carbocycles. The van der Waals surface area contributed by atoms with Crippen molar-refractivity contribution < 1.29 is 9.47 Å². The first-order valence-corrected chi connectivity index (χ1v) is 23.9. The Kier molecular flexibility index (Phi) is 7.58. The summed E-state index contributed by atoms with van der Waals surface area (Å²) in [5, 5.41) is 2.39. The van der Waals surface area contributed by atoms with Crippen LogP contribution in [0.5, 0.6) is 23.0 Å². The summed E-state index contributed by atoms with van der Waals surface area (Å²) in [6.07, 6.45) is 6.84. The van der Waals surface area contributed by atoms with E-state index < -0.39 is 5.41 Å². The predicted molar refractivity (Wildman–Crippen MR) is 277 cm³/mol. The number of fused-ring (bicyclic) bond motifs is 18. The predicted octanol–water partition coefficient (Wildman–Crippen LogP) is 16.9. The molecule has 0 fully saturated rings. The molecule has 0 amide bonds. The maximum Gasteiger partial charge on any atom is 0.194 e. The first-order valence-electron chi connectivity index (χ1n) is 23.9. The first-order chi connectivity index (χ1) is 33.5. The number of aromatic nitrogens is 1. The van der Waals surface area contributed by atoms with E-state index >= 15 is 0 Å². The number of allylic oxidation sites excluding steroid dienone is 4. The van der Waals surface area contributed by atoms with Crippen LogP contribution in [0.2, 0.25) is 0 Å². The Morgan fingerprint density at radius 2 is 1.13 bits per heavy atom. The van der Waals surface area contributed by atoms with Crippen LogP contribution < -0.4 is 14.4 Å². The minimum atomic E-state index is -0.482. The van der Waals surface area contributed by atoms with Crippen molar-refractivity contribution in [3.05, 3.63) is 245 Å². The van der Waals surface area contributed by atoms with Gasteiger partial charge in [-0.2, -0.15) is 0 Å². The highest BCUT2D eigenvalue weighted by atomic mass is 16.6. The van der Waals surface area contributed by atoms with Crippen LogP contribution in [-0.4, -0.2) is 4.57 Å². The molecule has 15 rings (SSSR count). The molecule has 4 aliphatic carbocycles. The highest BCUT2D eigenvalue weighted by molar-refractivity contribution is 6.11. The summed E-state index contributed by atoms with van der Waals surface area (Å²) in [4.78, 5) is 2.38. The van der Waals surface area contributed by atoms with E-state index in [1.807, 2.05) is 0 Å². The molecule has 1 aliphatic heterocycles. The zero-order valence-electron chi connectivity index (χ0n) is 37.8. The van der Waals surface area contributed by atoms with Gasteiger partial charge in [0.2, 0.25) is 0 Å². The number of rotatable bonds is 4. The lowest BCUT2D eigenvalue weighted by molar-refractivity contribution is 0.361. The van der Waals surface area contributed by atoms with Gasteiger partial charge in [-0.3, -0.25) is 0 Å². The number of para-hydroxylation sites is 3. The summed E-state index contributed by atoms with van der Waals surface area (Å²) in [5.41, 5.74) is 21.4. The van der Waals surface area contributed by atoms with Crippen molar-refractivity contribution in [3.8, 4) is 50.9 Å². The molecule has 4 heteroatoms. The number of hydrogen-bond acceptors (Lipinski definition) is 3. The van der Waals surface area contributed by atoms with Crippen LogP contribution in [0.4, 0.5) is 17.1 Å². The molecule has 0 radical (unpaired) electrons. The van der Waals surface area contributed by atoms with E-state index in [2.05, 4.69) is 230 Å². The van der Waals surface area contributed by atoms with Gasteiger partial charge in [0.15, 0.2) is 23.0 Å². The van der Waals surface area contributed by atoms with Crippen molar-refractivity contribution in [1.29, 1.82) is 0 Å². The maximum absolute atomic E-state index is 7.31. The first kappa shape index (κ1) is 37.8. The molecule has 5 aliphatic rings. The molecule has 2 heterocycles. The van der Waals surface area contributed by atoms with Crippen molar-refractivity contribution in [2.75, 3.05) is 4.90 Å². The van der Waals surface area contributed by atoms with Crippen molar-refractivity contribution >= 4 is 44.4 Å². The van der Waals surface area contributed by atoms with Crippen LogP contribution >= 0.6 is 0 Å². The molecule has 0 N–H and O–H groups in total. The molecule has 1 spiro atoms. The van der Waals surface area contributed by atoms with Gasteiger partial charge in [0.1, 0.15) is 0 Å². The number of ether oxygens (including phenoxy) is 2. The van der Waals surface area contributed by atoms with Gasteiger partial charge in [-0.1, -0.05) is 159 Å². The van der Waals surface area contributed by atoms with Gasteiger partial charge in [0.05, 0.1) is 22.1 Å². The lowest BCUT2D eigenvalue weighted by Crippen LogP contribution is -2.25. The molecule has 0 saturated heterocycles. The molecule has 0 bridgehead atoms. The monoisotopic (exact) mass is 872 g/mol. The number of benzene rings is 9. The van der Waals surface area contributed by atoms with Gasteiger partial charge in [0.25, 0.3) is 0 Å². The van der Waals surface area contributed by atoms with Crippen LogP contribution in [0.25, 0.3) is 55.3 Å². The fourth-order valence-corrected chi connectivity index (χ4v) is 12.9. The molecule has 4 nitrogen and oxygen atoms in total. The molecule has 68 heavy (non-hydrogen) atoms. The third-order valence-corrected chi connectivity index (χ3v) is 15.8. The third-order valence-electron chi connectivity index (χ3n) is 15.8. The fraction of sp³-hybridized carbons (Fsp3) is 0.0938. The largest absolute Gasteiger partial charge is 0.449 e. The normalized spacial score (nSPS) is 15.7. The fourth-order valence-electron chi connectivity index (χ4n) is 12.9. The lowest BCUT2D eigenvalue weighted by atomic mass is 9.70. The second-order valence-electron chi connectivity index (χ2n) is 19.4. The zero-order valence-corrected chi connectivity index (χ0v) is 37.8. The van der Waals surface area contributed by atoms with Crippen LogP contribution in [0.3, 0.4) is 0 Å². The molecule has 0 unspecified atom stereocenters. The molecular formula is C64H44N2O2. The van der Waals surface area contributed by atoms with E-state index in [1.54, 1.807) is 0 Å². The Balaban J connectivity index is 0.928. The van der Waals surface area contributed by atoms with Crippen molar-refractivity contribution in [1.82, 2.24) is 4.57 Å². The van der Waals surface area contributed by atoms with Gasteiger partial charge in [-0.15, -0.1) is 0 Å². The molecular weight excluding hydrogens is 829 g/mol. The highest BCUT2D eigenvalue weighted by Gasteiger charge is 2.53. The number of nitrogens with zero attached hydrogens (tertiary/aromatic N) is 2. The quantitative estimate of drug-likeness (QED) is 0.176. The Morgan fingerprint density at radius 1 is 0.485 bits per heavy atom. The SMILES string of the molecule is CC1(C)C2=C(C=CCC2)c2ccc(N(c3ccc4c(c3)c3ccccc3n4-c3ccccc3)c3cccc4c3Oc3ccc5c(c3O4)-c3ccccc3C53c4ccccc4-c4ccccc43)cc21. The van der Waals surface area contributed by atoms with Gasteiger partial charge in [0, 0.05) is 38.8 Å². The summed E-state index contributed by atoms with van der Waals surface area (Å²) in [6.45, 7) is 4.79. The minimum Gasteiger partial charge on any atom is -0.449 e. The van der Waals surface area contributed by atoms with Gasteiger partial charge in [-0.25, -0.2) is 0 Å². The topological polar surface area (TPSA) is 26.6 Å². The Labute approximate surface area is 395 Å². The molecule has 0 atom stereocenters. The number of anilines is 3. The van der Waals surface area contributed by atoms with Gasteiger partial charge in [-0.05, 0) is 135 Å². The standard InChI is InChI=1S/C64H44N2O2/c1-63(2)49-24-11-6-19-42(49)45-33-31-41(38-54(45)63)65(40-32-35-56-48(37-40)46-22-10-15-28-55(46)66(56)39-17-4-3-5-18-39)57-29-16-30-58-61(57)67-59-36-34-53-60(62(59)68-58)47-23-9-14-27-52(47)64(53)50-25-12-7-20-43(50)44-21-8-13-26-51(44)64/h3-10,12-23,25-38H,11,24H2,1-2H3. The molecule has 322 valence electrons. The maximum atomic E-state index is 7.31. The summed E-state index contributed by atoms with van der Waals surface area (Å²) in [7, 11) is 0.